The lowest BCUT2D eigenvalue weighted by atomic mass is 9.96. The fraction of sp³-hybridized carbons (Fsp3) is 0.900. The highest BCUT2D eigenvalue weighted by atomic mass is 16.5. The second-order valence-electron chi connectivity index (χ2n) is 3.54. The summed E-state index contributed by atoms with van der Waals surface area (Å²) >= 11 is 0. The van der Waals surface area contributed by atoms with Crippen molar-refractivity contribution < 1.29 is 9.53 Å². The lowest BCUT2D eigenvalue weighted by Crippen LogP contribution is -2.34. The van der Waals surface area contributed by atoms with Crippen molar-refractivity contribution in [3.05, 3.63) is 0 Å². The van der Waals surface area contributed by atoms with Crippen molar-refractivity contribution in [1.29, 1.82) is 0 Å². The summed E-state index contributed by atoms with van der Waals surface area (Å²) < 4.78 is 5.37. The lowest BCUT2D eigenvalue weighted by molar-refractivity contribution is -0.128. The van der Waals surface area contributed by atoms with E-state index in [0.717, 1.165) is 13.0 Å². The van der Waals surface area contributed by atoms with E-state index in [-0.39, 0.29) is 11.8 Å². The summed E-state index contributed by atoms with van der Waals surface area (Å²) in [5.41, 5.74) is 0. The molecule has 0 aliphatic heterocycles. The number of hydrogen-bond donors (Lipinski definition) is 1. The summed E-state index contributed by atoms with van der Waals surface area (Å²) in [6.45, 7) is 7.40. The molecule has 3 nitrogen and oxygen atoms in total. The summed E-state index contributed by atoms with van der Waals surface area (Å²) in [6, 6.07) is 0. The number of amides is 1. The fourth-order valence-corrected chi connectivity index (χ4v) is 1.11. The van der Waals surface area contributed by atoms with Crippen LogP contribution < -0.4 is 5.32 Å². The van der Waals surface area contributed by atoms with Gasteiger partial charge in [-0.05, 0) is 12.3 Å². The van der Waals surface area contributed by atoms with Gasteiger partial charge in [-0.3, -0.25) is 4.79 Å². The molecule has 13 heavy (non-hydrogen) atoms. The molecule has 3 heteroatoms. The number of carbonyl (C=O) groups is 1. The zero-order valence-electron chi connectivity index (χ0n) is 9.09. The fourth-order valence-electron chi connectivity index (χ4n) is 1.11. The predicted octanol–water partition coefficient (Wildman–Crippen LogP) is 1.43. The maximum Gasteiger partial charge on any atom is 0.225 e. The molecule has 1 amide bonds. The Morgan fingerprint density at radius 1 is 1.46 bits per heavy atom. The Kier molecular flexibility index (Phi) is 6.59. The van der Waals surface area contributed by atoms with Crippen LogP contribution in [0.15, 0.2) is 0 Å². The normalized spacial score (nSPS) is 13.0. The third kappa shape index (κ3) is 4.88. The van der Waals surface area contributed by atoms with Crippen molar-refractivity contribution in [3.8, 4) is 0 Å². The van der Waals surface area contributed by atoms with Gasteiger partial charge < -0.3 is 10.1 Å². The molecule has 0 saturated carbocycles. The van der Waals surface area contributed by atoms with E-state index in [1.807, 2.05) is 13.8 Å². The quantitative estimate of drug-likeness (QED) is 0.639. The van der Waals surface area contributed by atoms with Gasteiger partial charge in [-0.2, -0.15) is 0 Å². The summed E-state index contributed by atoms with van der Waals surface area (Å²) in [5, 5.41) is 2.65. The smallest absolute Gasteiger partial charge is 0.225 e. The molecule has 1 N–H and O–H groups in total. The van der Waals surface area contributed by atoms with Crippen LogP contribution in [-0.4, -0.2) is 26.2 Å². The summed E-state index contributed by atoms with van der Waals surface area (Å²) in [5.74, 6) is 0.388. The summed E-state index contributed by atoms with van der Waals surface area (Å²) in [4.78, 5) is 11.4. The zero-order valence-corrected chi connectivity index (χ0v) is 9.09. The van der Waals surface area contributed by atoms with Gasteiger partial charge in [0, 0.05) is 13.7 Å². The Labute approximate surface area is 80.8 Å². The van der Waals surface area contributed by atoms with Gasteiger partial charge in [0.2, 0.25) is 5.91 Å². The minimum atomic E-state index is -0.0171. The standard InChI is InChI=1S/C10H21NO2/c1-5-6-13-7-9(8(2)3)10(12)11-4/h8-9H,5-7H2,1-4H3,(H,11,12). The summed E-state index contributed by atoms with van der Waals surface area (Å²) in [6.07, 6.45) is 0.999. The molecule has 1 unspecified atom stereocenters. The maximum absolute atomic E-state index is 11.4. The Balaban J connectivity index is 3.88. The molecule has 1 atom stereocenters. The molecular weight excluding hydrogens is 166 g/mol. The molecule has 0 fully saturated rings. The molecule has 0 saturated heterocycles. The number of hydrogen-bond acceptors (Lipinski definition) is 2. The van der Waals surface area contributed by atoms with E-state index in [2.05, 4.69) is 12.2 Å². The van der Waals surface area contributed by atoms with Crippen molar-refractivity contribution >= 4 is 5.91 Å². The Hall–Kier alpha value is -0.570. The highest BCUT2D eigenvalue weighted by Gasteiger charge is 2.20. The van der Waals surface area contributed by atoms with Crippen molar-refractivity contribution in [3.63, 3.8) is 0 Å². The molecule has 78 valence electrons. The molecule has 0 radical (unpaired) electrons. The zero-order chi connectivity index (χ0) is 10.3. The van der Waals surface area contributed by atoms with Crippen molar-refractivity contribution in [2.45, 2.75) is 27.2 Å². The van der Waals surface area contributed by atoms with Gasteiger partial charge >= 0.3 is 0 Å². The number of nitrogens with one attached hydrogen (secondary N) is 1. The highest BCUT2D eigenvalue weighted by Crippen LogP contribution is 2.11. The molecule has 0 aliphatic rings. The molecule has 0 spiro atoms. The maximum atomic E-state index is 11.4. The van der Waals surface area contributed by atoms with Crippen molar-refractivity contribution in [2.75, 3.05) is 20.3 Å². The largest absolute Gasteiger partial charge is 0.381 e. The van der Waals surface area contributed by atoms with E-state index in [9.17, 15) is 4.79 Å². The van der Waals surface area contributed by atoms with Crippen LogP contribution >= 0.6 is 0 Å². The van der Waals surface area contributed by atoms with Crippen LogP contribution in [0.5, 0.6) is 0 Å². The number of ether oxygens (including phenoxy) is 1. The number of rotatable bonds is 6. The van der Waals surface area contributed by atoms with Crippen LogP contribution in [0.4, 0.5) is 0 Å². The topological polar surface area (TPSA) is 38.3 Å². The van der Waals surface area contributed by atoms with Gasteiger partial charge in [-0.15, -0.1) is 0 Å². The van der Waals surface area contributed by atoms with Gasteiger partial charge in [0.25, 0.3) is 0 Å². The first kappa shape index (κ1) is 12.4. The first-order valence-electron chi connectivity index (χ1n) is 4.92. The average Bonchev–Trinajstić information content (AvgIpc) is 2.11. The van der Waals surface area contributed by atoms with Crippen molar-refractivity contribution in [2.24, 2.45) is 11.8 Å². The average molecular weight is 187 g/mol. The molecule has 0 heterocycles. The molecule has 0 rings (SSSR count). The van der Waals surface area contributed by atoms with Crippen LogP contribution in [0.2, 0.25) is 0 Å². The molecule has 0 aromatic heterocycles. The minimum Gasteiger partial charge on any atom is -0.381 e. The predicted molar refractivity (Wildman–Crippen MR) is 53.5 cm³/mol. The summed E-state index contributed by atoms with van der Waals surface area (Å²) in [7, 11) is 1.66. The van der Waals surface area contributed by atoms with E-state index in [1.165, 1.54) is 0 Å². The molecule has 0 aromatic carbocycles. The van der Waals surface area contributed by atoms with Crippen molar-refractivity contribution in [1.82, 2.24) is 5.32 Å². The lowest BCUT2D eigenvalue weighted by Gasteiger charge is -2.18. The van der Waals surface area contributed by atoms with E-state index < -0.39 is 0 Å². The minimum absolute atomic E-state index is 0.0171. The Morgan fingerprint density at radius 3 is 2.46 bits per heavy atom. The Morgan fingerprint density at radius 2 is 2.08 bits per heavy atom. The van der Waals surface area contributed by atoms with Gasteiger partial charge in [-0.25, -0.2) is 0 Å². The number of carbonyl (C=O) groups excluding carboxylic acids is 1. The second kappa shape index (κ2) is 6.89. The monoisotopic (exact) mass is 187 g/mol. The second-order valence-corrected chi connectivity index (χ2v) is 3.54. The molecule has 0 bridgehead atoms. The van der Waals surface area contributed by atoms with E-state index in [1.54, 1.807) is 7.05 Å². The molecule has 0 aliphatic carbocycles. The third-order valence-corrected chi connectivity index (χ3v) is 2.03. The van der Waals surface area contributed by atoms with Crippen LogP contribution in [-0.2, 0) is 9.53 Å². The van der Waals surface area contributed by atoms with Gasteiger partial charge in [0.15, 0.2) is 0 Å². The molecule has 0 aromatic rings. The molecular formula is C10H21NO2. The van der Waals surface area contributed by atoms with E-state index in [0.29, 0.717) is 12.5 Å². The van der Waals surface area contributed by atoms with Gasteiger partial charge in [0.05, 0.1) is 12.5 Å². The third-order valence-electron chi connectivity index (χ3n) is 2.03. The van der Waals surface area contributed by atoms with Crippen LogP contribution in [0.1, 0.15) is 27.2 Å². The van der Waals surface area contributed by atoms with Gasteiger partial charge in [-0.1, -0.05) is 20.8 Å². The van der Waals surface area contributed by atoms with Gasteiger partial charge in [0.1, 0.15) is 0 Å². The SMILES string of the molecule is CCCOCC(C(=O)NC)C(C)C. The van der Waals surface area contributed by atoms with Crippen LogP contribution in [0, 0.1) is 11.8 Å². The van der Waals surface area contributed by atoms with E-state index >= 15 is 0 Å². The van der Waals surface area contributed by atoms with Crippen LogP contribution in [0.25, 0.3) is 0 Å². The Bertz CT molecular complexity index is 146. The first-order valence-corrected chi connectivity index (χ1v) is 4.92. The van der Waals surface area contributed by atoms with Crippen LogP contribution in [0.3, 0.4) is 0 Å². The highest BCUT2D eigenvalue weighted by molar-refractivity contribution is 5.78. The van der Waals surface area contributed by atoms with E-state index in [4.69, 9.17) is 4.74 Å². The first-order chi connectivity index (χ1) is 6.13.